The van der Waals surface area contributed by atoms with Crippen molar-refractivity contribution < 1.29 is 4.79 Å². The molecule has 1 saturated heterocycles. The predicted molar refractivity (Wildman–Crippen MR) is 66.5 cm³/mol. The standard InChI is InChI=1S/C11H14BrNOS/c1-7-5-9(15-8(7)2)6-13-4-3-10(12)11(13)14/h5,10H,3-4,6H2,1-2H3. The number of thiophene rings is 1. The van der Waals surface area contributed by atoms with Crippen LogP contribution in [0.25, 0.3) is 0 Å². The Kier molecular flexibility index (Phi) is 3.16. The van der Waals surface area contributed by atoms with E-state index >= 15 is 0 Å². The molecule has 0 saturated carbocycles. The summed E-state index contributed by atoms with van der Waals surface area (Å²) in [6.07, 6.45) is 0.933. The maximum Gasteiger partial charge on any atom is 0.236 e. The highest BCUT2D eigenvalue weighted by atomic mass is 79.9. The molecule has 0 aliphatic carbocycles. The van der Waals surface area contributed by atoms with Gasteiger partial charge in [-0.1, -0.05) is 15.9 Å². The molecule has 0 N–H and O–H groups in total. The van der Waals surface area contributed by atoms with Crippen LogP contribution in [0.15, 0.2) is 6.07 Å². The number of rotatable bonds is 2. The van der Waals surface area contributed by atoms with Crippen molar-refractivity contribution in [3.8, 4) is 0 Å². The number of hydrogen-bond donors (Lipinski definition) is 0. The van der Waals surface area contributed by atoms with Crippen molar-refractivity contribution in [3.63, 3.8) is 0 Å². The Balaban J connectivity index is 2.06. The number of carbonyl (C=O) groups is 1. The number of halogens is 1. The molecule has 15 heavy (non-hydrogen) atoms. The quantitative estimate of drug-likeness (QED) is 0.766. The van der Waals surface area contributed by atoms with E-state index in [2.05, 4.69) is 35.8 Å². The number of carbonyl (C=O) groups excluding carboxylic acids is 1. The summed E-state index contributed by atoms with van der Waals surface area (Å²) in [4.78, 5) is 16.3. The zero-order valence-electron chi connectivity index (χ0n) is 8.92. The van der Waals surface area contributed by atoms with E-state index in [9.17, 15) is 4.79 Å². The molecule has 4 heteroatoms. The van der Waals surface area contributed by atoms with E-state index in [0.717, 1.165) is 19.5 Å². The molecule has 1 aliphatic rings. The first kappa shape index (κ1) is 11.1. The van der Waals surface area contributed by atoms with Crippen molar-refractivity contribution in [2.24, 2.45) is 0 Å². The van der Waals surface area contributed by atoms with Gasteiger partial charge in [0.1, 0.15) is 0 Å². The van der Waals surface area contributed by atoms with Crippen LogP contribution in [0.4, 0.5) is 0 Å². The van der Waals surface area contributed by atoms with Crippen LogP contribution < -0.4 is 0 Å². The van der Waals surface area contributed by atoms with Gasteiger partial charge in [-0.15, -0.1) is 11.3 Å². The lowest BCUT2D eigenvalue weighted by atomic mass is 10.3. The Morgan fingerprint density at radius 1 is 1.60 bits per heavy atom. The van der Waals surface area contributed by atoms with Crippen molar-refractivity contribution in [2.75, 3.05) is 6.54 Å². The molecule has 2 nitrogen and oxygen atoms in total. The van der Waals surface area contributed by atoms with Crippen LogP contribution in [-0.2, 0) is 11.3 Å². The normalized spacial score (nSPS) is 21.4. The monoisotopic (exact) mass is 287 g/mol. The van der Waals surface area contributed by atoms with Gasteiger partial charge in [-0.3, -0.25) is 4.79 Å². The van der Waals surface area contributed by atoms with E-state index in [4.69, 9.17) is 0 Å². The van der Waals surface area contributed by atoms with Crippen LogP contribution in [0, 0.1) is 13.8 Å². The zero-order valence-corrected chi connectivity index (χ0v) is 11.3. The number of hydrogen-bond acceptors (Lipinski definition) is 2. The lowest BCUT2D eigenvalue weighted by Gasteiger charge is -2.14. The van der Waals surface area contributed by atoms with E-state index in [-0.39, 0.29) is 10.7 Å². The molecule has 0 bridgehead atoms. The molecule has 82 valence electrons. The third kappa shape index (κ3) is 2.26. The average Bonchev–Trinajstić information content (AvgIpc) is 2.65. The molecule has 0 radical (unpaired) electrons. The Morgan fingerprint density at radius 2 is 2.33 bits per heavy atom. The molecular formula is C11H14BrNOS. The fourth-order valence-electron chi connectivity index (χ4n) is 1.77. The van der Waals surface area contributed by atoms with Gasteiger partial charge in [0.2, 0.25) is 5.91 Å². The van der Waals surface area contributed by atoms with Gasteiger partial charge in [0.05, 0.1) is 11.4 Å². The fourth-order valence-corrected chi connectivity index (χ4v) is 3.34. The number of alkyl halides is 1. The van der Waals surface area contributed by atoms with E-state index in [1.807, 2.05) is 4.90 Å². The summed E-state index contributed by atoms with van der Waals surface area (Å²) in [6, 6.07) is 2.19. The highest BCUT2D eigenvalue weighted by Crippen LogP contribution is 2.25. The van der Waals surface area contributed by atoms with Gasteiger partial charge in [0, 0.05) is 16.3 Å². The summed E-state index contributed by atoms with van der Waals surface area (Å²) in [5.41, 5.74) is 1.33. The minimum absolute atomic E-state index is 0.0413. The highest BCUT2D eigenvalue weighted by Gasteiger charge is 2.29. The lowest BCUT2D eigenvalue weighted by Crippen LogP contribution is -2.26. The second-order valence-electron chi connectivity index (χ2n) is 3.97. The Bertz CT molecular complexity index is 368. The molecule has 1 atom stereocenters. The second-order valence-corrected chi connectivity index (χ2v) is 6.41. The van der Waals surface area contributed by atoms with Gasteiger partial charge < -0.3 is 4.90 Å². The first-order chi connectivity index (χ1) is 7.08. The number of nitrogens with zero attached hydrogens (tertiary/aromatic N) is 1. The fraction of sp³-hybridized carbons (Fsp3) is 0.545. The van der Waals surface area contributed by atoms with Crippen LogP contribution in [0.1, 0.15) is 21.7 Å². The van der Waals surface area contributed by atoms with Gasteiger partial charge in [-0.05, 0) is 31.9 Å². The molecule has 0 aromatic carbocycles. The smallest absolute Gasteiger partial charge is 0.236 e. The van der Waals surface area contributed by atoms with Gasteiger partial charge in [0.25, 0.3) is 0 Å². The SMILES string of the molecule is Cc1cc(CN2CCC(Br)C2=O)sc1C. The van der Waals surface area contributed by atoms with Crippen molar-refractivity contribution in [1.29, 1.82) is 0 Å². The van der Waals surface area contributed by atoms with Gasteiger partial charge in [-0.25, -0.2) is 0 Å². The maximum absolute atomic E-state index is 11.7. The van der Waals surface area contributed by atoms with E-state index in [0.29, 0.717) is 0 Å². The summed E-state index contributed by atoms with van der Waals surface area (Å²) in [5, 5.41) is 0. The zero-order chi connectivity index (χ0) is 11.0. The van der Waals surface area contributed by atoms with Crippen LogP contribution in [0.3, 0.4) is 0 Å². The summed E-state index contributed by atoms with van der Waals surface area (Å²) >= 11 is 5.18. The van der Waals surface area contributed by atoms with Crippen molar-refractivity contribution in [1.82, 2.24) is 4.90 Å². The largest absolute Gasteiger partial charge is 0.337 e. The van der Waals surface area contributed by atoms with Crippen LogP contribution in [0.2, 0.25) is 0 Å². The maximum atomic E-state index is 11.7. The third-order valence-corrected chi connectivity index (χ3v) is 4.78. The van der Waals surface area contributed by atoms with E-state index in [1.165, 1.54) is 15.3 Å². The van der Waals surface area contributed by atoms with Crippen molar-refractivity contribution >= 4 is 33.2 Å². The van der Waals surface area contributed by atoms with Gasteiger partial charge >= 0.3 is 0 Å². The molecule has 1 aromatic heterocycles. The van der Waals surface area contributed by atoms with Gasteiger partial charge in [0.15, 0.2) is 0 Å². The van der Waals surface area contributed by atoms with Crippen LogP contribution >= 0.6 is 27.3 Å². The molecule has 2 rings (SSSR count). The lowest BCUT2D eigenvalue weighted by molar-refractivity contribution is -0.127. The van der Waals surface area contributed by atoms with Crippen molar-refractivity contribution in [3.05, 3.63) is 21.4 Å². The van der Waals surface area contributed by atoms with E-state index in [1.54, 1.807) is 11.3 Å². The second kappa shape index (κ2) is 4.26. The Morgan fingerprint density at radius 3 is 2.80 bits per heavy atom. The molecule has 2 heterocycles. The summed E-state index contributed by atoms with van der Waals surface area (Å²) < 4.78 is 0. The van der Waals surface area contributed by atoms with Crippen LogP contribution in [-0.4, -0.2) is 22.2 Å². The molecule has 1 aromatic rings. The number of amides is 1. The molecule has 1 amide bonds. The molecule has 1 unspecified atom stereocenters. The predicted octanol–water partition coefficient (Wildman–Crippen LogP) is 2.86. The van der Waals surface area contributed by atoms with Gasteiger partial charge in [-0.2, -0.15) is 0 Å². The van der Waals surface area contributed by atoms with Crippen molar-refractivity contribution in [2.45, 2.75) is 31.6 Å². The summed E-state index contributed by atoms with van der Waals surface area (Å²) in [6.45, 7) is 5.90. The average molecular weight is 288 g/mol. The Hall–Kier alpha value is -0.350. The van der Waals surface area contributed by atoms with E-state index < -0.39 is 0 Å². The van der Waals surface area contributed by atoms with Crippen LogP contribution in [0.5, 0.6) is 0 Å². The Labute approximate surface area is 102 Å². The number of aryl methyl sites for hydroxylation is 2. The first-order valence-corrected chi connectivity index (χ1v) is 6.80. The summed E-state index contributed by atoms with van der Waals surface area (Å²) in [5.74, 6) is 0.235. The minimum Gasteiger partial charge on any atom is -0.337 e. The highest BCUT2D eigenvalue weighted by molar-refractivity contribution is 9.10. The summed E-state index contributed by atoms with van der Waals surface area (Å²) in [7, 11) is 0. The molecule has 1 fully saturated rings. The number of likely N-dealkylation sites (tertiary alicyclic amines) is 1. The third-order valence-electron chi connectivity index (χ3n) is 2.80. The topological polar surface area (TPSA) is 20.3 Å². The molecule has 0 spiro atoms. The molecular weight excluding hydrogens is 274 g/mol. The molecule has 1 aliphatic heterocycles. The minimum atomic E-state index is 0.0413. The first-order valence-electron chi connectivity index (χ1n) is 5.06.